The molecule has 16 heavy (non-hydrogen) atoms. The third kappa shape index (κ3) is 1.75. The van der Waals surface area contributed by atoms with E-state index in [1.165, 1.54) is 30.2 Å². The molecule has 0 radical (unpaired) electrons. The van der Waals surface area contributed by atoms with Gasteiger partial charge in [-0.2, -0.15) is 5.10 Å². The summed E-state index contributed by atoms with van der Waals surface area (Å²) < 4.78 is 1.14. The van der Waals surface area contributed by atoms with Gasteiger partial charge in [-0.1, -0.05) is 19.4 Å². The Morgan fingerprint density at radius 3 is 3.00 bits per heavy atom. The molecule has 1 heterocycles. The standard InChI is InChI=1S/C13H15IN2/c1-8-2-3-9(6-8)10-4-5-11-12(7-10)15-16-13(11)14/h4-5,7-9H,2-3,6H2,1H3,(H,15,16)/t8?,9-/m1/s1. The number of hydrogen-bond acceptors (Lipinski definition) is 1. The summed E-state index contributed by atoms with van der Waals surface area (Å²) in [7, 11) is 0. The van der Waals surface area contributed by atoms with Crippen molar-refractivity contribution in [3.8, 4) is 0 Å². The van der Waals surface area contributed by atoms with Gasteiger partial charge in [0.05, 0.1) is 5.52 Å². The Bertz CT molecular complexity index is 518. The fraction of sp³-hybridized carbons (Fsp3) is 0.462. The van der Waals surface area contributed by atoms with E-state index in [0.29, 0.717) is 0 Å². The second-order valence-electron chi connectivity index (χ2n) is 4.93. The smallest absolute Gasteiger partial charge is 0.104 e. The number of H-pyrrole nitrogens is 1. The van der Waals surface area contributed by atoms with Crippen LogP contribution in [0.4, 0.5) is 0 Å². The molecule has 84 valence electrons. The highest BCUT2D eigenvalue weighted by Gasteiger charge is 2.23. The first-order valence-corrected chi connectivity index (χ1v) is 6.95. The second kappa shape index (κ2) is 4.02. The summed E-state index contributed by atoms with van der Waals surface area (Å²) in [5, 5.41) is 8.62. The molecule has 1 fully saturated rings. The third-order valence-electron chi connectivity index (χ3n) is 3.70. The zero-order valence-electron chi connectivity index (χ0n) is 9.33. The molecule has 1 aromatic carbocycles. The van der Waals surface area contributed by atoms with Gasteiger partial charge in [0.2, 0.25) is 0 Å². The van der Waals surface area contributed by atoms with Crippen molar-refractivity contribution in [2.45, 2.75) is 32.1 Å². The number of aromatic nitrogens is 2. The lowest BCUT2D eigenvalue weighted by Gasteiger charge is -2.09. The molecule has 3 rings (SSSR count). The normalized spacial score (nSPS) is 25.4. The minimum Gasteiger partial charge on any atom is -0.271 e. The van der Waals surface area contributed by atoms with E-state index < -0.39 is 0 Å². The van der Waals surface area contributed by atoms with E-state index in [0.717, 1.165) is 21.1 Å². The summed E-state index contributed by atoms with van der Waals surface area (Å²) in [6, 6.07) is 6.75. The average Bonchev–Trinajstić information content (AvgIpc) is 2.86. The topological polar surface area (TPSA) is 28.7 Å². The highest BCUT2D eigenvalue weighted by Crippen LogP contribution is 2.38. The molecule has 0 amide bonds. The number of aromatic amines is 1. The van der Waals surface area contributed by atoms with Crippen molar-refractivity contribution in [2.24, 2.45) is 5.92 Å². The number of nitrogens with one attached hydrogen (secondary N) is 1. The highest BCUT2D eigenvalue weighted by atomic mass is 127. The predicted molar refractivity (Wildman–Crippen MR) is 74.6 cm³/mol. The quantitative estimate of drug-likeness (QED) is 0.786. The second-order valence-corrected chi connectivity index (χ2v) is 6.01. The summed E-state index contributed by atoms with van der Waals surface area (Å²) in [6.07, 6.45) is 4.06. The van der Waals surface area contributed by atoms with E-state index in [1.807, 2.05) is 0 Å². The largest absolute Gasteiger partial charge is 0.271 e. The first kappa shape index (κ1) is 10.6. The monoisotopic (exact) mass is 326 g/mol. The Hall–Kier alpha value is -0.580. The first-order chi connectivity index (χ1) is 7.74. The summed E-state index contributed by atoms with van der Waals surface area (Å²) in [6.45, 7) is 2.36. The first-order valence-electron chi connectivity index (χ1n) is 5.87. The van der Waals surface area contributed by atoms with Crippen molar-refractivity contribution in [2.75, 3.05) is 0 Å². The Labute approximate surface area is 109 Å². The van der Waals surface area contributed by atoms with E-state index in [1.54, 1.807) is 0 Å². The van der Waals surface area contributed by atoms with Crippen molar-refractivity contribution < 1.29 is 0 Å². The molecule has 1 aliphatic rings. The van der Waals surface area contributed by atoms with Gasteiger partial charge in [0.25, 0.3) is 0 Å². The number of rotatable bonds is 1. The van der Waals surface area contributed by atoms with E-state index in [9.17, 15) is 0 Å². The fourth-order valence-electron chi connectivity index (χ4n) is 2.76. The predicted octanol–water partition coefficient (Wildman–Crippen LogP) is 4.07. The Balaban J connectivity index is 1.99. The molecule has 1 saturated carbocycles. The molecule has 1 aromatic heterocycles. The Kier molecular flexibility index (Phi) is 2.65. The van der Waals surface area contributed by atoms with Gasteiger partial charge in [-0.15, -0.1) is 0 Å². The maximum Gasteiger partial charge on any atom is 0.104 e. The molecule has 3 heteroatoms. The molecule has 1 N–H and O–H groups in total. The van der Waals surface area contributed by atoms with E-state index in [2.05, 4.69) is 57.9 Å². The van der Waals surface area contributed by atoms with Crippen LogP contribution in [0.25, 0.3) is 10.9 Å². The van der Waals surface area contributed by atoms with E-state index in [4.69, 9.17) is 0 Å². The van der Waals surface area contributed by atoms with Gasteiger partial charge < -0.3 is 0 Å². The molecular formula is C13H15IN2. The molecule has 2 atom stereocenters. The molecule has 1 aliphatic carbocycles. The molecule has 2 nitrogen and oxygen atoms in total. The van der Waals surface area contributed by atoms with Gasteiger partial charge in [0.1, 0.15) is 3.70 Å². The molecule has 2 aromatic rings. The molecule has 1 unspecified atom stereocenters. The van der Waals surface area contributed by atoms with Crippen molar-refractivity contribution in [1.82, 2.24) is 10.2 Å². The molecule has 0 bridgehead atoms. The van der Waals surface area contributed by atoms with Crippen LogP contribution in [-0.4, -0.2) is 10.2 Å². The van der Waals surface area contributed by atoms with Crippen LogP contribution in [0.2, 0.25) is 0 Å². The van der Waals surface area contributed by atoms with Crippen LogP contribution < -0.4 is 0 Å². The lowest BCUT2D eigenvalue weighted by Crippen LogP contribution is -1.93. The highest BCUT2D eigenvalue weighted by molar-refractivity contribution is 14.1. The van der Waals surface area contributed by atoms with Crippen molar-refractivity contribution in [3.63, 3.8) is 0 Å². The van der Waals surface area contributed by atoms with Crippen molar-refractivity contribution in [3.05, 3.63) is 27.5 Å². The van der Waals surface area contributed by atoms with Crippen LogP contribution in [0.3, 0.4) is 0 Å². The zero-order valence-corrected chi connectivity index (χ0v) is 11.5. The Morgan fingerprint density at radius 2 is 2.25 bits per heavy atom. The van der Waals surface area contributed by atoms with Gasteiger partial charge >= 0.3 is 0 Å². The molecule has 0 spiro atoms. The van der Waals surface area contributed by atoms with Gasteiger partial charge in [-0.3, -0.25) is 5.10 Å². The maximum atomic E-state index is 4.34. The van der Waals surface area contributed by atoms with Crippen LogP contribution in [0.15, 0.2) is 18.2 Å². The van der Waals surface area contributed by atoms with Crippen LogP contribution in [0.5, 0.6) is 0 Å². The number of benzene rings is 1. The number of hydrogen-bond donors (Lipinski definition) is 1. The summed E-state index contributed by atoms with van der Waals surface area (Å²) in [5.41, 5.74) is 2.58. The van der Waals surface area contributed by atoms with Crippen LogP contribution >= 0.6 is 22.6 Å². The summed E-state index contributed by atoms with van der Waals surface area (Å²) in [5.74, 6) is 1.65. The Morgan fingerprint density at radius 1 is 1.38 bits per heavy atom. The fourth-order valence-corrected chi connectivity index (χ4v) is 3.34. The van der Waals surface area contributed by atoms with Gasteiger partial charge in [0, 0.05) is 5.39 Å². The van der Waals surface area contributed by atoms with Crippen LogP contribution in [0, 0.1) is 9.62 Å². The maximum absolute atomic E-state index is 4.34. The molecule has 0 saturated heterocycles. The van der Waals surface area contributed by atoms with Gasteiger partial charge in [0.15, 0.2) is 0 Å². The number of nitrogens with zero attached hydrogens (tertiary/aromatic N) is 1. The SMILES string of the molecule is CC1CC[C@@H](c2ccc3c(I)[nH]nc3c2)C1. The van der Waals surface area contributed by atoms with Gasteiger partial charge in [-0.25, -0.2) is 0 Å². The number of halogens is 1. The lowest BCUT2D eigenvalue weighted by atomic mass is 9.96. The summed E-state index contributed by atoms with van der Waals surface area (Å²) >= 11 is 2.30. The summed E-state index contributed by atoms with van der Waals surface area (Å²) in [4.78, 5) is 0. The molecular weight excluding hydrogens is 311 g/mol. The van der Waals surface area contributed by atoms with Crippen LogP contribution in [-0.2, 0) is 0 Å². The average molecular weight is 326 g/mol. The third-order valence-corrected chi connectivity index (χ3v) is 4.52. The van der Waals surface area contributed by atoms with Crippen molar-refractivity contribution >= 4 is 33.5 Å². The minimum absolute atomic E-state index is 0.758. The van der Waals surface area contributed by atoms with E-state index in [-0.39, 0.29) is 0 Å². The van der Waals surface area contributed by atoms with Crippen molar-refractivity contribution in [1.29, 1.82) is 0 Å². The van der Waals surface area contributed by atoms with Crippen LogP contribution in [0.1, 0.15) is 37.7 Å². The zero-order chi connectivity index (χ0) is 11.1. The van der Waals surface area contributed by atoms with Gasteiger partial charge in [-0.05, 0) is 65.0 Å². The molecule has 0 aliphatic heterocycles. The van der Waals surface area contributed by atoms with E-state index >= 15 is 0 Å². The number of fused-ring (bicyclic) bond motifs is 1. The minimum atomic E-state index is 0.758. The lowest BCUT2D eigenvalue weighted by molar-refractivity contribution is 0.596.